The van der Waals surface area contributed by atoms with Gasteiger partial charge >= 0.3 is 0 Å². The second-order valence-corrected chi connectivity index (χ2v) is 9.30. The first kappa shape index (κ1) is 29.5. The van der Waals surface area contributed by atoms with Gasteiger partial charge < -0.3 is 30.5 Å². The molecular weight excluding hydrogens is 501 g/mol. The Hall–Kier alpha value is -4.01. The molecular formula is C28H36FN7O3. The standard InChI is InChI=1S/C28H36FN7O3/c1-30-26-20(18-32-28(34-26)33-22-13-11-21(29)12-14-22)9-6-5-7-15-31-27(38)24-17-23(39-4)19-36(24)25(37)10-8-16-35(2)3/h8,10-14,18,23-24H,5,7,15-17,19H2,1-4H3,(H,31,38)(H2,30,32,33,34)/t23-,24+/m1/s1. The monoisotopic (exact) mass is 537 g/mol. The molecule has 1 aliphatic rings. The number of benzene rings is 1. The molecule has 1 aromatic carbocycles. The number of likely N-dealkylation sites (N-methyl/N-ethyl adjacent to an activating group) is 1. The van der Waals surface area contributed by atoms with Crippen LogP contribution >= 0.6 is 0 Å². The van der Waals surface area contributed by atoms with Gasteiger partial charge in [0.1, 0.15) is 17.7 Å². The van der Waals surface area contributed by atoms with Crippen LogP contribution in [0.2, 0.25) is 0 Å². The molecule has 0 spiro atoms. The van der Waals surface area contributed by atoms with E-state index in [9.17, 15) is 14.0 Å². The van der Waals surface area contributed by atoms with E-state index in [1.807, 2.05) is 19.0 Å². The number of halogens is 1. The SMILES string of the molecule is CNc1nc(Nc2ccc(F)cc2)ncc1C#CCCCNC(=O)[C@@H]1C[C@@H](OC)CN1C(=O)C=CCN(C)C. The van der Waals surface area contributed by atoms with Crippen molar-refractivity contribution in [2.75, 3.05) is 58.5 Å². The van der Waals surface area contributed by atoms with Crippen LogP contribution in [0.3, 0.4) is 0 Å². The second kappa shape index (κ2) is 14.8. The lowest BCUT2D eigenvalue weighted by atomic mass is 10.1. The van der Waals surface area contributed by atoms with Crippen molar-refractivity contribution in [2.45, 2.75) is 31.4 Å². The lowest BCUT2D eigenvalue weighted by molar-refractivity contribution is -0.135. The summed E-state index contributed by atoms with van der Waals surface area (Å²) in [6.45, 7) is 1.47. The Morgan fingerprint density at radius 3 is 2.74 bits per heavy atom. The molecule has 0 saturated carbocycles. The average Bonchev–Trinajstić information content (AvgIpc) is 3.37. The van der Waals surface area contributed by atoms with Crippen molar-refractivity contribution in [3.8, 4) is 11.8 Å². The zero-order chi connectivity index (χ0) is 28.2. The fourth-order valence-corrected chi connectivity index (χ4v) is 3.97. The summed E-state index contributed by atoms with van der Waals surface area (Å²) >= 11 is 0. The molecule has 2 aromatic rings. The Bertz CT molecular complexity index is 1210. The average molecular weight is 538 g/mol. The third kappa shape index (κ3) is 9.05. The van der Waals surface area contributed by atoms with Gasteiger partial charge in [0.15, 0.2) is 0 Å². The fourth-order valence-electron chi connectivity index (χ4n) is 3.97. The molecule has 3 rings (SSSR count). The summed E-state index contributed by atoms with van der Waals surface area (Å²) in [6.07, 6.45) is 6.42. The Morgan fingerprint density at radius 1 is 1.28 bits per heavy atom. The van der Waals surface area contributed by atoms with Crippen LogP contribution in [0.1, 0.15) is 24.8 Å². The van der Waals surface area contributed by atoms with E-state index < -0.39 is 6.04 Å². The van der Waals surface area contributed by atoms with Crippen molar-refractivity contribution in [3.05, 3.63) is 54.0 Å². The zero-order valence-corrected chi connectivity index (χ0v) is 22.8. The van der Waals surface area contributed by atoms with E-state index in [-0.39, 0.29) is 23.7 Å². The summed E-state index contributed by atoms with van der Waals surface area (Å²) < 4.78 is 18.5. The van der Waals surface area contributed by atoms with Crippen LogP contribution in [0.25, 0.3) is 0 Å². The van der Waals surface area contributed by atoms with E-state index in [1.165, 1.54) is 18.2 Å². The van der Waals surface area contributed by atoms with Crippen LogP contribution in [-0.2, 0) is 14.3 Å². The van der Waals surface area contributed by atoms with Gasteiger partial charge in [-0.1, -0.05) is 17.9 Å². The van der Waals surface area contributed by atoms with Crippen LogP contribution < -0.4 is 16.0 Å². The third-order valence-electron chi connectivity index (χ3n) is 6.04. The molecule has 1 saturated heterocycles. The molecule has 2 atom stereocenters. The van der Waals surface area contributed by atoms with Gasteiger partial charge in [-0.25, -0.2) is 9.37 Å². The number of hydrogen-bond acceptors (Lipinski definition) is 8. The number of carbonyl (C=O) groups is 2. The predicted octanol–water partition coefficient (Wildman–Crippen LogP) is 2.38. The number of hydrogen-bond donors (Lipinski definition) is 3. The quantitative estimate of drug-likeness (QED) is 0.228. The Labute approximate surface area is 229 Å². The molecule has 1 aromatic heterocycles. The molecule has 39 heavy (non-hydrogen) atoms. The van der Waals surface area contributed by atoms with Crippen LogP contribution in [0, 0.1) is 17.7 Å². The van der Waals surface area contributed by atoms with Gasteiger partial charge in [0.25, 0.3) is 0 Å². The Kier molecular flexibility index (Phi) is 11.2. The molecule has 0 radical (unpaired) electrons. The van der Waals surface area contributed by atoms with Gasteiger partial charge in [-0.15, -0.1) is 0 Å². The number of nitrogens with zero attached hydrogens (tertiary/aromatic N) is 4. The maximum Gasteiger partial charge on any atom is 0.247 e. The van der Waals surface area contributed by atoms with Crippen LogP contribution in [0.5, 0.6) is 0 Å². The van der Waals surface area contributed by atoms with Gasteiger partial charge in [-0.3, -0.25) is 9.59 Å². The fraction of sp³-hybridized carbons (Fsp3) is 0.429. The minimum atomic E-state index is -0.560. The van der Waals surface area contributed by atoms with Crippen molar-refractivity contribution in [2.24, 2.45) is 0 Å². The van der Waals surface area contributed by atoms with E-state index in [0.29, 0.717) is 61.9 Å². The third-order valence-corrected chi connectivity index (χ3v) is 6.04. The highest BCUT2D eigenvalue weighted by Gasteiger charge is 2.38. The normalized spacial score (nSPS) is 16.7. The van der Waals surface area contributed by atoms with Crippen LogP contribution in [-0.4, -0.2) is 91.6 Å². The van der Waals surface area contributed by atoms with Gasteiger partial charge in [0, 0.05) is 58.4 Å². The van der Waals surface area contributed by atoms with E-state index in [0.717, 1.165) is 0 Å². The lowest BCUT2D eigenvalue weighted by Crippen LogP contribution is -2.45. The predicted molar refractivity (Wildman–Crippen MR) is 149 cm³/mol. The van der Waals surface area contributed by atoms with Crippen molar-refractivity contribution >= 4 is 29.3 Å². The molecule has 0 unspecified atom stereocenters. The summed E-state index contributed by atoms with van der Waals surface area (Å²) in [5, 5.41) is 8.96. The highest BCUT2D eigenvalue weighted by atomic mass is 19.1. The minimum absolute atomic E-state index is 0.168. The van der Waals surface area contributed by atoms with Crippen molar-refractivity contribution in [1.82, 2.24) is 25.1 Å². The molecule has 3 N–H and O–H groups in total. The van der Waals surface area contributed by atoms with Crippen molar-refractivity contribution in [1.29, 1.82) is 0 Å². The maximum absolute atomic E-state index is 13.1. The molecule has 11 heteroatoms. The molecule has 1 fully saturated rings. The number of likely N-dealkylation sites (tertiary alicyclic amines) is 1. The summed E-state index contributed by atoms with van der Waals surface area (Å²) in [4.78, 5) is 37.7. The summed E-state index contributed by atoms with van der Waals surface area (Å²) in [6, 6.07) is 5.36. The topological polar surface area (TPSA) is 112 Å². The molecule has 1 aliphatic heterocycles. The summed E-state index contributed by atoms with van der Waals surface area (Å²) in [5.41, 5.74) is 1.31. The Balaban J connectivity index is 1.49. The first-order chi connectivity index (χ1) is 18.8. The molecule has 0 bridgehead atoms. The van der Waals surface area contributed by atoms with Crippen molar-refractivity contribution in [3.63, 3.8) is 0 Å². The number of aromatic nitrogens is 2. The number of rotatable bonds is 11. The first-order valence-electron chi connectivity index (χ1n) is 12.8. The number of anilines is 3. The van der Waals surface area contributed by atoms with Crippen LogP contribution in [0.15, 0.2) is 42.6 Å². The number of carbonyl (C=O) groups excluding carboxylic acids is 2. The minimum Gasteiger partial charge on any atom is -0.380 e. The van der Waals surface area contributed by atoms with Crippen molar-refractivity contribution < 1.29 is 18.7 Å². The lowest BCUT2D eigenvalue weighted by Gasteiger charge is -2.22. The summed E-state index contributed by atoms with van der Waals surface area (Å²) in [7, 11) is 7.18. The van der Waals surface area contributed by atoms with E-state index in [2.05, 4.69) is 37.8 Å². The number of unbranched alkanes of at least 4 members (excludes halogenated alkanes) is 1. The molecule has 2 amide bonds. The molecule has 208 valence electrons. The summed E-state index contributed by atoms with van der Waals surface area (Å²) in [5.74, 6) is 6.38. The van der Waals surface area contributed by atoms with E-state index in [4.69, 9.17) is 4.74 Å². The Morgan fingerprint density at radius 2 is 2.05 bits per heavy atom. The largest absolute Gasteiger partial charge is 0.380 e. The maximum atomic E-state index is 13.1. The van der Waals surface area contributed by atoms with Crippen LogP contribution in [0.4, 0.5) is 21.8 Å². The van der Waals surface area contributed by atoms with Gasteiger partial charge in [0.05, 0.1) is 17.9 Å². The number of amides is 2. The van der Waals surface area contributed by atoms with Gasteiger partial charge in [-0.05, 0) is 44.8 Å². The highest BCUT2D eigenvalue weighted by molar-refractivity contribution is 5.93. The van der Waals surface area contributed by atoms with E-state index in [1.54, 1.807) is 43.5 Å². The zero-order valence-electron chi connectivity index (χ0n) is 22.8. The van der Waals surface area contributed by atoms with E-state index >= 15 is 0 Å². The molecule has 2 heterocycles. The first-order valence-corrected chi connectivity index (χ1v) is 12.8. The molecule has 10 nitrogen and oxygen atoms in total. The molecule has 0 aliphatic carbocycles. The number of ether oxygens (including phenoxy) is 1. The smallest absolute Gasteiger partial charge is 0.247 e. The second-order valence-electron chi connectivity index (χ2n) is 9.30. The number of nitrogens with one attached hydrogen (secondary N) is 3. The van der Waals surface area contributed by atoms with Gasteiger partial charge in [0.2, 0.25) is 17.8 Å². The van der Waals surface area contributed by atoms with Gasteiger partial charge in [-0.2, -0.15) is 4.98 Å². The highest BCUT2D eigenvalue weighted by Crippen LogP contribution is 2.21. The number of methoxy groups -OCH3 is 1.